The van der Waals surface area contributed by atoms with E-state index in [2.05, 4.69) is 36.6 Å². The van der Waals surface area contributed by atoms with Gasteiger partial charge in [0.1, 0.15) is 0 Å². The highest BCUT2D eigenvalue weighted by molar-refractivity contribution is 5.35. The number of hydrogen-bond acceptors (Lipinski definition) is 2. The summed E-state index contributed by atoms with van der Waals surface area (Å²) in [5.74, 6) is 1.45. The lowest BCUT2D eigenvalue weighted by molar-refractivity contribution is 0.313. The molecule has 2 aliphatic carbocycles. The zero-order valence-electron chi connectivity index (χ0n) is 17.4. The van der Waals surface area contributed by atoms with E-state index in [1.165, 1.54) is 90.0 Å². The van der Waals surface area contributed by atoms with Crippen LogP contribution in [0.25, 0.3) is 0 Å². The van der Waals surface area contributed by atoms with E-state index in [0.717, 1.165) is 12.0 Å². The number of piperidine rings is 1. The summed E-state index contributed by atoms with van der Waals surface area (Å²) in [4.78, 5) is 0. The second-order valence-electron chi connectivity index (χ2n) is 8.96. The van der Waals surface area contributed by atoms with Crippen molar-refractivity contribution in [3.05, 3.63) is 23.4 Å². The first-order valence-corrected chi connectivity index (χ1v) is 11.7. The highest BCUT2D eigenvalue weighted by Crippen LogP contribution is 2.36. The number of allylic oxidation sites excluding steroid dienone is 2. The summed E-state index contributed by atoms with van der Waals surface area (Å²) in [7, 11) is 0. The molecule has 1 saturated carbocycles. The average Bonchev–Trinajstić information content (AvgIpc) is 2.69. The van der Waals surface area contributed by atoms with E-state index in [9.17, 15) is 0 Å². The lowest BCUT2D eigenvalue weighted by Crippen LogP contribution is -2.46. The van der Waals surface area contributed by atoms with Gasteiger partial charge in [0.05, 0.1) is 0 Å². The van der Waals surface area contributed by atoms with Crippen LogP contribution in [-0.2, 0) is 0 Å². The maximum absolute atomic E-state index is 4.03. The normalized spacial score (nSPS) is 27.0. The Bertz CT molecular complexity index is 465. The third-order valence-electron chi connectivity index (χ3n) is 6.86. The van der Waals surface area contributed by atoms with Crippen molar-refractivity contribution in [3.63, 3.8) is 0 Å². The van der Waals surface area contributed by atoms with Gasteiger partial charge in [0.15, 0.2) is 0 Å². The van der Waals surface area contributed by atoms with Crippen molar-refractivity contribution in [2.45, 2.75) is 109 Å². The van der Waals surface area contributed by atoms with Gasteiger partial charge in [-0.25, -0.2) is 0 Å². The van der Waals surface area contributed by atoms with E-state index in [-0.39, 0.29) is 0 Å². The summed E-state index contributed by atoms with van der Waals surface area (Å²) in [6.07, 6.45) is 23.0. The number of unbranched alkanes of at least 4 members (excludes halogenated alkanes) is 2. The molecule has 0 radical (unpaired) electrons. The lowest BCUT2D eigenvalue weighted by atomic mass is 9.77. The summed E-state index contributed by atoms with van der Waals surface area (Å²) >= 11 is 0. The van der Waals surface area contributed by atoms with E-state index in [4.69, 9.17) is 0 Å². The van der Waals surface area contributed by atoms with E-state index in [1.807, 2.05) is 0 Å². The van der Waals surface area contributed by atoms with Crippen LogP contribution in [0.4, 0.5) is 0 Å². The van der Waals surface area contributed by atoms with Gasteiger partial charge in [-0.15, -0.1) is 0 Å². The summed E-state index contributed by atoms with van der Waals surface area (Å²) in [6.45, 7) is 5.85. The first-order valence-electron chi connectivity index (χ1n) is 11.7. The SMILES string of the molecule is CCCCC(CCCC)C1=CC2NCCCC2C(NC2CCCCC2)=C1. The van der Waals surface area contributed by atoms with Crippen LogP contribution in [-0.4, -0.2) is 18.6 Å². The molecule has 1 aliphatic heterocycles. The highest BCUT2D eigenvalue weighted by Gasteiger charge is 2.32. The smallest absolute Gasteiger partial charge is 0.0338 e. The number of nitrogens with one attached hydrogen (secondary N) is 2. The molecule has 1 heterocycles. The van der Waals surface area contributed by atoms with Gasteiger partial charge in [0.2, 0.25) is 0 Å². The molecule has 26 heavy (non-hydrogen) atoms. The van der Waals surface area contributed by atoms with Crippen LogP contribution >= 0.6 is 0 Å². The minimum atomic E-state index is 0.570. The number of hydrogen-bond donors (Lipinski definition) is 2. The second kappa shape index (κ2) is 10.5. The van der Waals surface area contributed by atoms with Crippen LogP contribution < -0.4 is 10.6 Å². The predicted octanol–water partition coefficient (Wildman–Crippen LogP) is 6.10. The molecule has 0 aromatic rings. The molecule has 2 unspecified atom stereocenters. The predicted molar refractivity (Wildman–Crippen MR) is 113 cm³/mol. The Morgan fingerprint density at radius 2 is 1.73 bits per heavy atom. The topological polar surface area (TPSA) is 24.1 Å². The summed E-state index contributed by atoms with van der Waals surface area (Å²) in [5.41, 5.74) is 3.21. The van der Waals surface area contributed by atoms with Gasteiger partial charge in [-0.1, -0.05) is 64.9 Å². The minimum Gasteiger partial charge on any atom is -0.385 e. The number of fused-ring (bicyclic) bond motifs is 1. The fourth-order valence-corrected chi connectivity index (χ4v) is 5.24. The molecule has 2 atom stereocenters. The Hall–Kier alpha value is -0.760. The van der Waals surface area contributed by atoms with Crippen molar-refractivity contribution in [2.75, 3.05) is 6.54 Å². The van der Waals surface area contributed by atoms with E-state index in [0.29, 0.717) is 12.0 Å². The molecular weight excluding hydrogens is 316 g/mol. The van der Waals surface area contributed by atoms with E-state index >= 15 is 0 Å². The molecule has 0 bridgehead atoms. The van der Waals surface area contributed by atoms with Gasteiger partial charge >= 0.3 is 0 Å². The standard InChI is InChI=1S/C24H42N2/c1-3-5-11-19(12-6-4-2)20-17-23-22(15-10-16-25-23)24(18-20)26-21-13-8-7-9-14-21/h17-19,21-23,25-26H,3-16H2,1-2H3. The van der Waals surface area contributed by atoms with Crippen molar-refractivity contribution in [2.24, 2.45) is 11.8 Å². The zero-order valence-corrected chi connectivity index (χ0v) is 17.4. The lowest BCUT2D eigenvalue weighted by Gasteiger charge is -2.39. The van der Waals surface area contributed by atoms with Gasteiger partial charge in [-0.05, 0) is 62.6 Å². The minimum absolute atomic E-state index is 0.570. The molecule has 3 aliphatic rings. The van der Waals surface area contributed by atoms with Crippen LogP contribution in [0, 0.1) is 11.8 Å². The van der Waals surface area contributed by atoms with E-state index in [1.54, 1.807) is 11.3 Å². The second-order valence-corrected chi connectivity index (χ2v) is 8.96. The van der Waals surface area contributed by atoms with Crippen molar-refractivity contribution >= 4 is 0 Å². The molecule has 0 aromatic heterocycles. The maximum atomic E-state index is 4.03. The van der Waals surface area contributed by atoms with Crippen LogP contribution in [0.2, 0.25) is 0 Å². The van der Waals surface area contributed by atoms with E-state index < -0.39 is 0 Å². The van der Waals surface area contributed by atoms with Gasteiger partial charge in [0, 0.05) is 23.7 Å². The van der Waals surface area contributed by atoms with Crippen molar-refractivity contribution < 1.29 is 0 Å². The van der Waals surface area contributed by atoms with Gasteiger partial charge in [-0.3, -0.25) is 0 Å². The molecule has 2 fully saturated rings. The highest BCUT2D eigenvalue weighted by atomic mass is 15.0. The zero-order chi connectivity index (χ0) is 18.2. The fraction of sp³-hybridized carbons (Fsp3) is 0.833. The van der Waals surface area contributed by atoms with Crippen molar-refractivity contribution in [1.29, 1.82) is 0 Å². The molecule has 2 nitrogen and oxygen atoms in total. The first kappa shape index (κ1) is 20.0. The number of rotatable bonds is 9. The van der Waals surface area contributed by atoms with Gasteiger partial charge in [0.25, 0.3) is 0 Å². The third kappa shape index (κ3) is 5.38. The Morgan fingerprint density at radius 3 is 2.42 bits per heavy atom. The third-order valence-corrected chi connectivity index (χ3v) is 6.86. The Kier molecular flexibility index (Phi) is 8.10. The van der Waals surface area contributed by atoms with Gasteiger partial charge < -0.3 is 10.6 Å². The van der Waals surface area contributed by atoms with Gasteiger partial charge in [-0.2, -0.15) is 0 Å². The molecule has 148 valence electrons. The molecule has 0 spiro atoms. The molecule has 1 saturated heterocycles. The average molecular weight is 359 g/mol. The van der Waals surface area contributed by atoms with Crippen LogP contribution in [0.5, 0.6) is 0 Å². The van der Waals surface area contributed by atoms with Crippen molar-refractivity contribution in [1.82, 2.24) is 10.6 Å². The summed E-state index contributed by atoms with van der Waals surface area (Å²) in [5, 5.41) is 7.86. The summed E-state index contributed by atoms with van der Waals surface area (Å²) in [6, 6.07) is 1.29. The molecule has 2 N–H and O–H groups in total. The van der Waals surface area contributed by atoms with Crippen LogP contribution in [0.1, 0.15) is 97.3 Å². The molecule has 2 heteroatoms. The molecular formula is C24H42N2. The quantitative estimate of drug-likeness (QED) is 0.520. The maximum Gasteiger partial charge on any atom is 0.0338 e. The fourth-order valence-electron chi connectivity index (χ4n) is 5.24. The Labute approximate surface area is 162 Å². The van der Waals surface area contributed by atoms with Crippen molar-refractivity contribution in [3.8, 4) is 0 Å². The Balaban J connectivity index is 1.75. The first-order chi connectivity index (χ1) is 12.8. The monoisotopic (exact) mass is 358 g/mol. The van der Waals surface area contributed by atoms with Crippen LogP contribution in [0.15, 0.2) is 23.4 Å². The molecule has 3 rings (SSSR count). The molecule has 0 amide bonds. The Morgan fingerprint density at radius 1 is 1.00 bits per heavy atom. The van der Waals surface area contributed by atoms with Crippen LogP contribution in [0.3, 0.4) is 0 Å². The largest absolute Gasteiger partial charge is 0.385 e. The summed E-state index contributed by atoms with van der Waals surface area (Å²) < 4.78 is 0. The molecule has 0 aromatic carbocycles.